The van der Waals surface area contributed by atoms with Crippen molar-refractivity contribution in [3.63, 3.8) is 0 Å². The molecule has 0 fully saturated rings. The Morgan fingerprint density at radius 1 is 1.23 bits per heavy atom. The summed E-state index contributed by atoms with van der Waals surface area (Å²) < 4.78 is 0. The first-order valence-electron chi connectivity index (χ1n) is 3.90. The number of rotatable bonds is 5. The molecule has 0 N–H and O–H groups in total. The van der Waals surface area contributed by atoms with E-state index in [1.54, 1.807) is 0 Å². The molecule has 0 aromatic rings. The molecule has 0 amide bonds. The van der Waals surface area contributed by atoms with Gasteiger partial charge in [0.2, 0.25) is 5.24 Å². The highest BCUT2D eigenvalue weighted by Gasteiger charge is 1.92. The minimum atomic E-state index is -0.285. The second-order valence-corrected chi connectivity index (χ2v) is 3.99. The summed E-state index contributed by atoms with van der Waals surface area (Å²) >= 11 is 11.0. The van der Waals surface area contributed by atoms with Crippen molar-refractivity contribution in [1.82, 2.24) is 0 Å². The van der Waals surface area contributed by atoms with E-state index in [2.05, 4.69) is 31.9 Å². The second-order valence-electron chi connectivity index (χ2n) is 2.22. The molecule has 0 aliphatic rings. The molecule has 13 heavy (non-hydrogen) atoms. The van der Waals surface area contributed by atoms with Gasteiger partial charge in [-0.1, -0.05) is 38.8 Å². The summed E-state index contributed by atoms with van der Waals surface area (Å²) in [5, 5.41) is 0.891. The van der Waals surface area contributed by atoms with Gasteiger partial charge in [0.05, 0.1) is 5.33 Å². The molecule has 0 unspecified atom stereocenters. The topological polar surface area (TPSA) is 34.1 Å². The lowest BCUT2D eigenvalue weighted by molar-refractivity contribution is -0.116. The third-order valence-corrected chi connectivity index (χ3v) is 2.18. The Hall–Kier alpha value is 0.590. The van der Waals surface area contributed by atoms with E-state index in [0.717, 1.165) is 6.42 Å². The molecule has 78 valence electrons. The zero-order valence-corrected chi connectivity index (χ0v) is 11.4. The second kappa shape index (κ2) is 12.6. The number of alkyl halides is 2. The maximum atomic E-state index is 10.4. The van der Waals surface area contributed by atoms with Crippen LogP contribution >= 0.6 is 43.5 Å². The van der Waals surface area contributed by atoms with Crippen molar-refractivity contribution < 1.29 is 9.59 Å². The van der Waals surface area contributed by atoms with E-state index in [0.29, 0.717) is 29.3 Å². The van der Waals surface area contributed by atoms with Gasteiger partial charge in [-0.2, -0.15) is 0 Å². The predicted molar refractivity (Wildman–Crippen MR) is 63.0 cm³/mol. The first kappa shape index (κ1) is 16.0. The van der Waals surface area contributed by atoms with Crippen molar-refractivity contribution in [3.05, 3.63) is 0 Å². The number of halogens is 3. The maximum absolute atomic E-state index is 10.4. The molecular formula is C8H13Br2ClO2. The van der Waals surface area contributed by atoms with Crippen molar-refractivity contribution in [2.45, 2.75) is 26.2 Å². The van der Waals surface area contributed by atoms with Crippen LogP contribution in [0, 0.1) is 0 Å². The van der Waals surface area contributed by atoms with E-state index in [1.807, 2.05) is 6.92 Å². The van der Waals surface area contributed by atoms with Crippen LogP contribution in [0.3, 0.4) is 0 Å². The van der Waals surface area contributed by atoms with Crippen LogP contribution < -0.4 is 0 Å². The molecule has 0 rings (SSSR count). The Bertz CT molecular complexity index is 151. The van der Waals surface area contributed by atoms with Gasteiger partial charge in [-0.25, -0.2) is 0 Å². The van der Waals surface area contributed by atoms with Gasteiger partial charge in [0, 0.05) is 18.2 Å². The Kier molecular flexibility index (Phi) is 15.5. The maximum Gasteiger partial charge on any atom is 0.222 e. The van der Waals surface area contributed by atoms with E-state index in [-0.39, 0.29) is 5.24 Å². The van der Waals surface area contributed by atoms with Gasteiger partial charge in [0.15, 0.2) is 0 Å². The molecule has 0 heterocycles. The smallest absolute Gasteiger partial charge is 0.222 e. The summed E-state index contributed by atoms with van der Waals surface area (Å²) in [7, 11) is 0. The lowest BCUT2D eigenvalue weighted by Gasteiger charge is -1.86. The number of carbonyl (C=O) groups is 2. The molecule has 0 saturated heterocycles. The Morgan fingerprint density at radius 2 is 1.77 bits per heavy atom. The van der Waals surface area contributed by atoms with E-state index >= 15 is 0 Å². The van der Waals surface area contributed by atoms with Gasteiger partial charge in [-0.15, -0.1) is 0 Å². The fourth-order valence-corrected chi connectivity index (χ4v) is 1.38. The molecular weight excluding hydrogens is 323 g/mol. The van der Waals surface area contributed by atoms with Crippen LogP contribution in [0.25, 0.3) is 0 Å². The van der Waals surface area contributed by atoms with E-state index in [1.165, 1.54) is 0 Å². The highest BCUT2D eigenvalue weighted by Crippen LogP contribution is 1.91. The van der Waals surface area contributed by atoms with E-state index < -0.39 is 0 Å². The Morgan fingerprint density at radius 3 is 1.85 bits per heavy atom. The molecule has 0 aromatic carbocycles. The average Bonchev–Trinajstić information content (AvgIpc) is 2.05. The third kappa shape index (κ3) is 19.1. The molecule has 0 spiro atoms. The van der Waals surface area contributed by atoms with Crippen molar-refractivity contribution >= 4 is 54.5 Å². The summed E-state index contributed by atoms with van der Waals surface area (Å²) in [6.45, 7) is 2.00. The fourth-order valence-electron chi connectivity index (χ4n) is 0.420. The van der Waals surface area contributed by atoms with Gasteiger partial charge in [0.1, 0.15) is 5.78 Å². The first-order valence-corrected chi connectivity index (χ1v) is 6.52. The molecule has 0 radical (unpaired) electrons. The van der Waals surface area contributed by atoms with Crippen LogP contribution in [0.4, 0.5) is 0 Å². The van der Waals surface area contributed by atoms with Crippen LogP contribution in [-0.2, 0) is 9.59 Å². The molecule has 0 aliphatic heterocycles. The Labute approximate surface area is 101 Å². The van der Waals surface area contributed by atoms with E-state index in [4.69, 9.17) is 11.6 Å². The van der Waals surface area contributed by atoms with Crippen molar-refractivity contribution in [1.29, 1.82) is 0 Å². The molecule has 0 aliphatic carbocycles. The molecule has 0 atom stereocenters. The van der Waals surface area contributed by atoms with Crippen LogP contribution in [0.2, 0.25) is 0 Å². The molecule has 2 nitrogen and oxygen atoms in total. The molecule has 0 saturated carbocycles. The SMILES string of the molecule is CCCC(=O)CBr.O=C(Cl)CCBr. The summed E-state index contributed by atoms with van der Waals surface area (Å²) in [5.41, 5.74) is 0. The van der Waals surface area contributed by atoms with Gasteiger partial charge in [0.25, 0.3) is 0 Å². The standard InChI is InChI=1S/C5H9BrO.C3H4BrClO/c1-2-3-5(7)4-6;4-2-1-3(5)6/h2-4H2,1H3;1-2H2. The summed E-state index contributed by atoms with van der Waals surface area (Å²) in [6.07, 6.45) is 2.09. The summed E-state index contributed by atoms with van der Waals surface area (Å²) in [6, 6.07) is 0. The highest BCUT2D eigenvalue weighted by molar-refractivity contribution is 9.09. The zero-order chi connectivity index (χ0) is 10.7. The van der Waals surface area contributed by atoms with Crippen LogP contribution in [0.1, 0.15) is 26.2 Å². The van der Waals surface area contributed by atoms with Crippen molar-refractivity contribution in [2.24, 2.45) is 0 Å². The fraction of sp³-hybridized carbons (Fsp3) is 0.750. The summed E-state index contributed by atoms with van der Waals surface area (Å²) in [4.78, 5) is 20.1. The number of hydrogen-bond acceptors (Lipinski definition) is 2. The van der Waals surface area contributed by atoms with Crippen LogP contribution in [0.5, 0.6) is 0 Å². The minimum absolute atomic E-state index is 0.285. The molecule has 5 heteroatoms. The van der Waals surface area contributed by atoms with Crippen LogP contribution in [-0.4, -0.2) is 21.7 Å². The monoisotopic (exact) mass is 334 g/mol. The number of Topliss-reactive ketones (excluding diaryl/α,β-unsaturated/α-hetero) is 1. The third-order valence-electron chi connectivity index (χ3n) is 0.969. The number of hydrogen-bond donors (Lipinski definition) is 0. The van der Waals surface area contributed by atoms with Gasteiger partial charge in [-0.05, 0) is 18.0 Å². The van der Waals surface area contributed by atoms with Gasteiger partial charge >= 0.3 is 0 Å². The zero-order valence-electron chi connectivity index (χ0n) is 7.49. The van der Waals surface area contributed by atoms with E-state index in [9.17, 15) is 9.59 Å². The Balaban J connectivity index is 0. The molecule has 0 bridgehead atoms. The largest absolute Gasteiger partial charge is 0.299 e. The minimum Gasteiger partial charge on any atom is -0.299 e. The predicted octanol–water partition coefficient (Wildman–Crippen LogP) is 3.29. The number of carbonyl (C=O) groups excluding carboxylic acids is 2. The highest BCUT2D eigenvalue weighted by atomic mass is 79.9. The van der Waals surface area contributed by atoms with Gasteiger partial charge < -0.3 is 0 Å². The molecule has 0 aromatic heterocycles. The van der Waals surface area contributed by atoms with Gasteiger partial charge in [-0.3, -0.25) is 9.59 Å². The van der Waals surface area contributed by atoms with Crippen LogP contribution in [0.15, 0.2) is 0 Å². The normalized spacial score (nSPS) is 8.62. The lowest BCUT2D eigenvalue weighted by atomic mass is 10.3. The quantitative estimate of drug-likeness (QED) is 0.570. The summed E-state index contributed by atoms with van der Waals surface area (Å²) in [5.74, 6) is 0.294. The number of ketones is 1. The average molecular weight is 336 g/mol. The lowest BCUT2D eigenvalue weighted by Crippen LogP contribution is -1.95. The van der Waals surface area contributed by atoms with Crippen molar-refractivity contribution in [2.75, 3.05) is 10.7 Å². The first-order chi connectivity index (χ1) is 6.08. The van der Waals surface area contributed by atoms with Crippen molar-refractivity contribution in [3.8, 4) is 0 Å².